The van der Waals surface area contributed by atoms with E-state index in [9.17, 15) is 9.59 Å². The van der Waals surface area contributed by atoms with Crippen molar-refractivity contribution in [2.75, 3.05) is 20.2 Å². The molecule has 2 heterocycles. The lowest BCUT2D eigenvalue weighted by Crippen LogP contribution is -2.44. The van der Waals surface area contributed by atoms with Gasteiger partial charge in [-0.15, -0.1) is 11.3 Å². The first kappa shape index (κ1) is 24.1. The third kappa shape index (κ3) is 5.62. The highest BCUT2D eigenvalue weighted by Gasteiger charge is 2.35. The summed E-state index contributed by atoms with van der Waals surface area (Å²) < 4.78 is 5.55. The number of methoxy groups -OCH3 is 1. The van der Waals surface area contributed by atoms with Crippen molar-refractivity contribution >= 4 is 34.1 Å². The van der Waals surface area contributed by atoms with Crippen molar-refractivity contribution in [3.8, 4) is 5.75 Å². The van der Waals surface area contributed by atoms with E-state index < -0.39 is 0 Å². The molecule has 0 spiro atoms. The highest BCUT2D eigenvalue weighted by atomic mass is 32.1. The number of ether oxygens (including phenoxy) is 1. The molecule has 36 heavy (non-hydrogen) atoms. The maximum atomic E-state index is 13.7. The number of amides is 2. The molecule has 2 amide bonds. The number of aromatic amines is 1. The van der Waals surface area contributed by atoms with Crippen molar-refractivity contribution in [2.45, 2.75) is 38.3 Å². The van der Waals surface area contributed by atoms with E-state index in [1.54, 1.807) is 23.3 Å². The summed E-state index contributed by atoms with van der Waals surface area (Å²) >= 11 is 1.58. The van der Waals surface area contributed by atoms with Crippen molar-refractivity contribution in [3.63, 3.8) is 0 Å². The summed E-state index contributed by atoms with van der Waals surface area (Å²) in [7, 11) is 1.65. The number of rotatable bonds is 11. The van der Waals surface area contributed by atoms with Crippen LogP contribution in [0.4, 0.5) is 0 Å². The molecule has 0 atom stereocenters. The van der Waals surface area contributed by atoms with Gasteiger partial charge in [-0.2, -0.15) is 0 Å². The molecule has 0 aliphatic heterocycles. The lowest BCUT2D eigenvalue weighted by molar-refractivity contribution is -0.141. The van der Waals surface area contributed by atoms with Crippen molar-refractivity contribution < 1.29 is 14.3 Å². The van der Waals surface area contributed by atoms with Gasteiger partial charge in [0.1, 0.15) is 12.3 Å². The van der Waals surface area contributed by atoms with Crippen LogP contribution in [0.3, 0.4) is 0 Å². The molecule has 7 heteroatoms. The van der Waals surface area contributed by atoms with Crippen LogP contribution in [0.2, 0.25) is 0 Å². The van der Waals surface area contributed by atoms with E-state index in [-0.39, 0.29) is 24.4 Å². The molecule has 0 bridgehead atoms. The number of para-hydroxylation sites is 2. The number of nitrogens with zero attached hydrogens (tertiary/aromatic N) is 2. The standard InChI is InChI=1S/C29H31N3O3S/c1-35-27-11-5-2-7-22(27)19-31(15-14-21-18-30-26-10-4-3-9-25(21)26)29(34)20-32(23-12-13-23)28(33)17-24-8-6-16-36-24/h2-11,16,18,23,30H,12-15,17,19-20H2,1H3. The van der Waals surface area contributed by atoms with Crippen molar-refractivity contribution in [2.24, 2.45) is 0 Å². The molecule has 0 saturated heterocycles. The van der Waals surface area contributed by atoms with Crippen molar-refractivity contribution in [1.29, 1.82) is 0 Å². The average Bonchev–Trinajstić information content (AvgIpc) is 3.45. The molecular weight excluding hydrogens is 470 g/mol. The van der Waals surface area contributed by atoms with Gasteiger partial charge in [0.15, 0.2) is 0 Å². The number of thiophene rings is 1. The van der Waals surface area contributed by atoms with Gasteiger partial charge in [0.25, 0.3) is 0 Å². The highest BCUT2D eigenvalue weighted by Crippen LogP contribution is 2.28. The largest absolute Gasteiger partial charge is 0.496 e. The second-order valence-electron chi connectivity index (χ2n) is 9.25. The predicted molar refractivity (Wildman–Crippen MR) is 143 cm³/mol. The van der Waals surface area contributed by atoms with Gasteiger partial charge in [0.05, 0.1) is 13.5 Å². The van der Waals surface area contributed by atoms with Gasteiger partial charge in [0.2, 0.25) is 11.8 Å². The van der Waals surface area contributed by atoms with E-state index in [0.29, 0.717) is 19.5 Å². The first-order valence-electron chi connectivity index (χ1n) is 12.4. The minimum atomic E-state index is -0.0350. The number of aromatic nitrogens is 1. The Morgan fingerprint density at radius 1 is 1.00 bits per heavy atom. The molecule has 2 aromatic carbocycles. The molecule has 1 aliphatic carbocycles. The first-order chi connectivity index (χ1) is 17.6. The van der Waals surface area contributed by atoms with Crippen LogP contribution in [0.15, 0.2) is 72.2 Å². The van der Waals surface area contributed by atoms with E-state index in [1.807, 2.05) is 65.0 Å². The summed E-state index contributed by atoms with van der Waals surface area (Å²) in [6.45, 7) is 1.09. The lowest BCUT2D eigenvalue weighted by atomic mass is 10.1. The second-order valence-corrected chi connectivity index (χ2v) is 10.3. The minimum absolute atomic E-state index is 0.0298. The normalized spacial score (nSPS) is 13.0. The number of nitrogens with one attached hydrogen (secondary N) is 1. The first-order valence-corrected chi connectivity index (χ1v) is 13.3. The minimum Gasteiger partial charge on any atom is -0.496 e. The monoisotopic (exact) mass is 501 g/mol. The van der Waals surface area contributed by atoms with Crippen molar-refractivity contribution in [1.82, 2.24) is 14.8 Å². The molecule has 1 N–H and O–H groups in total. The fourth-order valence-corrected chi connectivity index (χ4v) is 5.34. The Balaban J connectivity index is 1.34. The fourth-order valence-electron chi connectivity index (χ4n) is 4.64. The zero-order chi connectivity index (χ0) is 24.9. The maximum Gasteiger partial charge on any atom is 0.242 e. The number of carbonyl (C=O) groups is 2. The van der Waals surface area contributed by atoms with Crippen LogP contribution in [0.5, 0.6) is 5.75 Å². The van der Waals surface area contributed by atoms with Crippen LogP contribution in [0.1, 0.15) is 28.8 Å². The molecular formula is C29H31N3O3S. The topological polar surface area (TPSA) is 65.6 Å². The van der Waals surface area contributed by atoms with Gasteiger partial charge in [-0.1, -0.05) is 42.5 Å². The van der Waals surface area contributed by atoms with Crippen LogP contribution >= 0.6 is 11.3 Å². The summed E-state index contributed by atoms with van der Waals surface area (Å²) in [6, 6.07) is 20.1. The van der Waals surface area contributed by atoms with Crippen LogP contribution in [0, 0.1) is 0 Å². The van der Waals surface area contributed by atoms with Gasteiger partial charge in [-0.25, -0.2) is 0 Å². The van der Waals surface area contributed by atoms with E-state index in [4.69, 9.17) is 4.74 Å². The molecule has 0 radical (unpaired) electrons. The SMILES string of the molecule is COc1ccccc1CN(CCc1c[nH]c2ccccc12)C(=O)CN(C(=O)Cc1cccs1)C1CC1. The molecule has 186 valence electrons. The third-order valence-corrected chi connectivity index (χ3v) is 7.63. The number of fused-ring (bicyclic) bond motifs is 1. The Morgan fingerprint density at radius 3 is 2.58 bits per heavy atom. The van der Waals surface area contributed by atoms with Gasteiger partial charge in [-0.3, -0.25) is 9.59 Å². The van der Waals surface area contributed by atoms with Crippen LogP contribution in [-0.4, -0.2) is 52.8 Å². The fraction of sp³-hybridized carbons (Fsp3) is 0.310. The lowest BCUT2D eigenvalue weighted by Gasteiger charge is -2.28. The predicted octanol–water partition coefficient (Wildman–Crippen LogP) is 5.04. The van der Waals surface area contributed by atoms with Crippen LogP contribution in [-0.2, 0) is 29.0 Å². The molecule has 5 rings (SSSR count). The number of hydrogen-bond donors (Lipinski definition) is 1. The molecule has 1 fully saturated rings. The number of hydrogen-bond acceptors (Lipinski definition) is 4. The van der Waals surface area contributed by atoms with Gasteiger partial charge < -0.3 is 19.5 Å². The van der Waals surface area contributed by atoms with Gasteiger partial charge in [0, 0.05) is 46.7 Å². The van der Waals surface area contributed by atoms with Crippen molar-refractivity contribution in [3.05, 3.63) is 88.2 Å². The van der Waals surface area contributed by atoms with E-state index in [0.717, 1.165) is 41.0 Å². The molecule has 6 nitrogen and oxygen atoms in total. The third-order valence-electron chi connectivity index (χ3n) is 6.75. The number of carbonyl (C=O) groups excluding carboxylic acids is 2. The second kappa shape index (κ2) is 11.0. The number of benzene rings is 2. The molecule has 4 aromatic rings. The summed E-state index contributed by atoms with van der Waals surface area (Å²) in [5.41, 5.74) is 3.22. The quantitative estimate of drug-likeness (QED) is 0.313. The zero-order valence-electron chi connectivity index (χ0n) is 20.5. The Kier molecular flexibility index (Phi) is 7.37. The Morgan fingerprint density at radius 2 is 1.81 bits per heavy atom. The van der Waals surface area contributed by atoms with E-state index >= 15 is 0 Å². The van der Waals surface area contributed by atoms with Crippen LogP contribution in [0.25, 0.3) is 10.9 Å². The van der Waals surface area contributed by atoms with Crippen LogP contribution < -0.4 is 4.74 Å². The maximum absolute atomic E-state index is 13.7. The molecule has 1 saturated carbocycles. The summed E-state index contributed by atoms with van der Waals surface area (Å²) in [6.07, 6.45) is 5.02. The van der Waals surface area contributed by atoms with E-state index in [2.05, 4.69) is 17.1 Å². The Labute approximate surface area is 215 Å². The Bertz CT molecular complexity index is 1330. The summed E-state index contributed by atoms with van der Waals surface area (Å²) in [5.74, 6) is 0.754. The van der Waals surface area contributed by atoms with E-state index in [1.165, 1.54) is 10.9 Å². The van der Waals surface area contributed by atoms with Gasteiger partial charge >= 0.3 is 0 Å². The molecule has 0 unspecified atom stereocenters. The smallest absolute Gasteiger partial charge is 0.242 e. The van der Waals surface area contributed by atoms with Gasteiger partial charge in [-0.05, 0) is 48.4 Å². The Hall–Kier alpha value is -3.58. The average molecular weight is 502 g/mol. The molecule has 2 aromatic heterocycles. The zero-order valence-corrected chi connectivity index (χ0v) is 21.3. The number of H-pyrrole nitrogens is 1. The summed E-state index contributed by atoms with van der Waals surface area (Å²) in [5, 5.41) is 3.16. The summed E-state index contributed by atoms with van der Waals surface area (Å²) in [4.78, 5) is 34.9. The highest BCUT2D eigenvalue weighted by molar-refractivity contribution is 7.10. The molecule has 1 aliphatic rings.